The monoisotopic (exact) mass is 158 g/mol. The maximum atomic E-state index is 5.33. The largest absolute Gasteiger partial charge is 0.361 e. The van der Waals surface area contributed by atoms with Crippen LogP contribution in [0.4, 0.5) is 0 Å². The molecule has 2 heteroatoms. The standard InChI is InChI=1S/C8H9ClO/c9-7-10-6-8-4-2-1-3-5-8/h1-5H,6-7H2/i10+2. The van der Waals surface area contributed by atoms with Crippen LogP contribution in [0.15, 0.2) is 30.3 Å². The molecule has 0 saturated heterocycles. The minimum atomic E-state index is 0.259. The van der Waals surface area contributed by atoms with E-state index >= 15 is 0 Å². The van der Waals surface area contributed by atoms with Gasteiger partial charge in [-0.25, -0.2) is 0 Å². The Balaban J connectivity index is 2.43. The summed E-state index contributed by atoms with van der Waals surface area (Å²) in [5.74, 6) is 0. The van der Waals surface area contributed by atoms with E-state index in [1.807, 2.05) is 30.3 Å². The van der Waals surface area contributed by atoms with Gasteiger partial charge in [-0.3, -0.25) is 0 Å². The van der Waals surface area contributed by atoms with Crippen molar-refractivity contribution >= 4 is 11.6 Å². The van der Waals surface area contributed by atoms with Gasteiger partial charge in [-0.2, -0.15) is 0 Å². The van der Waals surface area contributed by atoms with Crippen LogP contribution in [-0.2, 0) is 11.3 Å². The molecule has 0 aliphatic rings. The van der Waals surface area contributed by atoms with Gasteiger partial charge in [0.05, 0.1) is 6.61 Å². The number of benzene rings is 1. The Kier molecular flexibility index (Phi) is 3.27. The summed E-state index contributed by atoms with van der Waals surface area (Å²) in [5, 5.41) is 0. The van der Waals surface area contributed by atoms with Crippen LogP contribution in [0.25, 0.3) is 0 Å². The Morgan fingerprint density at radius 3 is 2.50 bits per heavy atom. The second-order valence-corrected chi connectivity index (χ2v) is 2.16. The molecule has 1 nitrogen and oxygen atoms in total. The van der Waals surface area contributed by atoms with Crippen molar-refractivity contribution in [3.05, 3.63) is 35.9 Å². The number of ether oxygens (including phenoxy) is 1. The molecule has 0 aliphatic heterocycles. The van der Waals surface area contributed by atoms with Crippen LogP contribution in [0.3, 0.4) is 0 Å². The maximum absolute atomic E-state index is 5.33. The zero-order chi connectivity index (χ0) is 7.23. The van der Waals surface area contributed by atoms with E-state index in [4.69, 9.17) is 16.3 Å². The van der Waals surface area contributed by atoms with Gasteiger partial charge < -0.3 is 4.74 Å². The molecule has 0 fully saturated rings. The first-order valence-electron chi connectivity index (χ1n) is 3.11. The first-order chi connectivity index (χ1) is 4.93. The Hall–Kier alpha value is -0.530. The average Bonchev–Trinajstić information content (AvgIpc) is 2.03. The molecular formula is C8H9ClO. The molecule has 0 heterocycles. The van der Waals surface area contributed by atoms with Crippen LogP contribution in [-0.4, -0.2) is 6.07 Å². The third kappa shape index (κ3) is 2.38. The number of rotatable bonds is 3. The van der Waals surface area contributed by atoms with Gasteiger partial charge in [0.1, 0.15) is 6.07 Å². The fourth-order valence-corrected chi connectivity index (χ4v) is 0.808. The van der Waals surface area contributed by atoms with Gasteiger partial charge in [0.2, 0.25) is 0 Å². The molecule has 0 saturated carbocycles. The van der Waals surface area contributed by atoms with E-state index in [-0.39, 0.29) is 6.07 Å². The van der Waals surface area contributed by atoms with E-state index in [1.165, 1.54) is 0 Å². The summed E-state index contributed by atoms with van der Waals surface area (Å²) in [5.41, 5.74) is 1.16. The lowest BCUT2D eigenvalue weighted by molar-refractivity contribution is 0.165. The quantitative estimate of drug-likeness (QED) is 0.485. The average molecular weight is 159 g/mol. The fourth-order valence-electron chi connectivity index (χ4n) is 0.731. The molecule has 0 bridgehead atoms. The Bertz CT molecular complexity index is 174. The Morgan fingerprint density at radius 2 is 1.90 bits per heavy atom. The molecule has 0 unspecified atom stereocenters. The molecule has 0 N–H and O–H groups in total. The second-order valence-electron chi connectivity index (χ2n) is 1.94. The van der Waals surface area contributed by atoms with Crippen molar-refractivity contribution in [2.45, 2.75) is 6.61 Å². The van der Waals surface area contributed by atoms with Crippen LogP contribution >= 0.6 is 11.6 Å². The first kappa shape index (κ1) is 7.58. The third-order valence-corrected chi connectivity index (χ3v) is 1.34. The van der Waals surface area contributed by atoms with Gasteiger partial charge in [-0.15, -0.1) is 0 Å². The summed E-state index contributed by atoms with van der Waals surface area (Å²) in [6.07, 6.45) is 0. The van der Waals surface area contributed by atoms with E-state index in [0.29, 0.717) is 6.61 Å². The van der Waals surface area contributed by atoms with Crippen molar-refractivity contribution in [2.24, 2.45) is 0 Å². The van der Waals surface area contributed by atoms with E-state index in [1.54, 1.807) is 0 Å². The summed E-state index contributed by atoms with van der Waals surface area (Å²) >= 11 is 5.33. The van der Waals surface area contributed by atoms with Crippen molar-refractivity contribution in [3.8, 4) is 0 Å². The molecule has 54 valence electrons. The van der Waals surface area contributed by atoms with Crippen molar-refractivity contribution in [1.82, 2.24) is 0 Å². The molecule has 0 aliphatic carbocycles. The zero-order valence-electron chi connectivity index (χ0n) is 5.59. The number of alkyl halides is 1. The third-order valence-electron chi connectivity index (χ3n) is 1.19. The minimum Gasteiger partial charge on any atom is -0.361 e. The molecule has 0 amide bonds. The molecule has 0 radical (unpaired) electrons. The van der Waals surface area contributed by atoms with E-state index in [2.05, 4.69) is 0 Å². The van der Waals surface area contributed by atoms with E-state index < -0.39 is 0 Å². The summed E-state index contributed by atoms with van der Waals surface area (Å²) in [6, 6.07) is 10.2. The summed E-state index contributed by atoms with van der Waals surface area (Å²) < 4.78 is 4.98. The number of hydrogen-bond acceptors (Lipinski definition) is 1. The molecule has 0 aromatic heterocycles. The topological polar surface area (TPSA) is 9.23 Å². The lowest BCUT2D eigenvalue weighted by Gasteiger charge is -1.97. The van der Waals surface area contributed by atoms with Gasteiger partial charge in [0, 0.05) is 0 Å². The lowest BCUT2D eigenvalue weighted by atomic mass is 10.2. The Morgan fingerprint density at radius 1 is 1.20 bits per heavy atom. The highest BCUT2D eigenvalue weighted by Crippen LogP contribution is 2.00. The highest BCUT2D eigenvalue weighted by atomic mass is 35.5. The summed E-state index contributed by atoms with van der Waals surface area (Å²) in [6.45, 7) is 0.602. The number of halogens is 1. The fraction of sp³-hybridized carbons (Fsp3) is 0.250. The highest BCUT2D eigenvalue weighted by molar-refractivity contribution is 6.17. The van der Waals surface area contributed by atoms with Gasteiger partial charge in [-0.05, 0) is 5.56 Å². The van der Waals surface area contributed by atoms with Crippen molar-refractivity contribution < 1.29 is 4.74 Å². The van der Waals surface area contributed by atoms with E-state index in [9.17, 15) is 0 Å². The maximum Gasteiger partial charge on any atom is 0.121 e. The van der Waals surface area contributed by atoms with Crippen LogP contribution in [0.1, 0.15) is 5.56 Å². The van der Waals surface area contributed by atoms with Crippen LogP contribution in [0.5, 0.6) is 0 Å². The molecular weight excluding hydrogens is 150 g/mol. The highest BCUT2D eigenvalue weighted by Gasteiger charge is 1.87. The second kappa shape index (κ2) is 4.31. The van der Waals surface area contributed by atoms with E-state index in [0.717, 1.165) is 5.56 Å². The SMILES string of the molecule is ClC[18O]Cc1ccccc1. The van der Waals surface area contributed by atoms with Crippen LogP contribution in [0.2, 0.25) is 0 Å². The minimum absolute atomic E-state index is 0.259. The van der Waals surface area contributed by atoms with Crippen molar-refractivity contribution in [1.29, 1.82) is 0 Å². The summed E-state index contributed by atoms with van der Waals surface area (Å²) in [7, 11) is 0. The van der Waals surface area contributed by atoms with Crippen molar-refractivity contribution in [3.63, 3.8) is 0 Å². The molecule has 10 heavy (non-hydrogen) atoms. The smallest absolute Gasteiger partial charge is 0.121 e. The molecule has 1 rings (SSSR count). The number of hydrogen-bond donors (Lipinski definition) is 0. The van der Waals surface area contributed by atoms with Gasteiger partial charge in [0.25, 0.3) is 0 Å². The predicted octanol–water partition coefficient (Wildman–Crippen LogP) is 2.40. The lowest BCUT2D eigenvalue weighted by Crippen LogP contribution is -1.88. The molecule has 1 aromatic carbocycles. The Labute approximate surface area is 65.6 Å². The summed E-state index contributed by atoms with van der Waals surface area (Å²) in [4.78, 5) is 0. The van der Waals surface area contributed by atoms with Gasteiger partial charge in [-0.1, -0.05) is 41.9 Å². The zero-order valence-corrected chi connectivity index (χ0v) is 6.34. The van der Waals surface area contributed by atoms with Gasteiger partial charge in [0.15, 0.2) is 0 Å². The van der Waals surface area contributed by atoms with Crippen LogP contribution in [0, 0.1) is 0 Å². The first-order valence-corrected chi connectivity index (χ1v) is 3.64. The molecule has 1 aromatic rings. The molecule has 0 spiro atoms. The van der Waals surface area contributed by atoms with Crippen LogP contribution < -0.4 is 0 Å². The van der Waals surface area contributed by atoms with Gasteiger partial charge >= 0.3 is 0 Å². The predicted molar refractivity (Wildman–Crippen MR) is 42.0 cm³/mol. The van der Waals surface area contributed by atoms with Crippen molar-refractivity contribution in [2.75, 3.05) is 6.07 Å². The molecule has 0 atom stereocenters. The normalized spacial score (nSPS) is 9.70.